The number of fused-ring (bicyclic) bond motifs is 2. The molecule has 2 aliphatic carbocycles. The second-order valence-electron chi connectivity index (χ2n) is 9.56. The minimum absolute atomic E-state index is 0.0168. The Bertz CT molecular complexity index is 1180. The van der Waals surface area contributed by atoms with Crippen LogP contribution in [0, 0.1) is 17.2 Å². The number of benzene rings is 2. The summed E-state index contributed by atoms with van der Waals surface area (Å²) in [7, 11) is 0. The van der Waals surface area contributed by atoms with Crippen LogP contribution >= 0.6 is 0 Å². The van der Waals surface area contributed by atoms with E-state index in [4.69, 9.17) is 0 Å². The summed E-state index contributed by atoms with van der Waals surface area (Å²) in [6.07, 6.45) is 8.77. The first kappa shape index (κ1) is 21.6. The average Bonchev–Trinajstić information content (AvgIpc) is 3.37. The number of amides is 1. The van der Waals surface area contributed by atoms with E-state index >= 15 is 0 Å². The van der Waals surface area contributed by atoms with Crippen molar-refractivity contribution in [1.29, 1.82) is 0 Å². The monoisotopic (exact) mass is 443 g/mol. The molecule has 5 heteroatoms. The van der Waals surface area contributed by atoms with E-state index in [1.165, 1.54) is 28.8 Å². The van der Waals surface area contributed by atoms with Crippen LogP contribution in [0.1, 0.15) is 62.4 Å². The Morgan fingerprint density at radius 3 is 2.70 bits per heavy atom. The molecule has 0 radical (unpaired) electrons. The van der Waals surface area contributed by atoms with Crippen LogP contribution in [0.2, 0.25) is 0 Å². The zero-order chi connectivity index (χ0) is 23.0. The van der Waals surface area contributed by atoms with Crippen LogP contribution in [0.4, 0.5) is 4.39 Å². The second-order valence-corrected chi connectivity index (χ2v) is 9.56. The molecule has 1 saturated carbocycles. The van der Waals surface area contributed by atoms with Crippen LogP contribution in [-0.2, 0) is 11.2 Å². The molecule has 0 saturated heterocycles. The zero-order valence-electron chi connectivity index (χ0n) is 19.2. The number of allylic oxidation sites excluding steroid dienone is 1. The van der Waals surface area contributed by atoms with Crippen molar-refractivity contribution in [2.45, 2.75) is 52.0 Å². The van der Waals surface area contributed by atoms with Gasteiger partial charge in [0, 0.05) is 6.42 Å². The summed E-state index contributed by atoms with van der Waals surface area (Å²) in [5, 5.41) is 7.90. The summed E-state index contributed by atoms with van der Waals surface area (Å²) in [5.74, 6) is 0.315. The summed E-state index contributed by atoms with van der Waals surface area (Å²) in [5.41, 5.74) is 5.88. The van der Waals surface area contributed by atoms with Gasteiger partial charge in [0.05, 0.1) is 23.6 Å². The molecule has 0 spiro atoms. The highest BCUT2D eigenvalue weighted by Crippen LogP contribution is 2.55. The van der Waals surface area contributed by atoms with Gasteiger partial charge in [-0.1, -0.05) is 49.8 Å². The van der Waals surface area contributed by atoms with Gasteiger partial charge in [-0.15, -0.1) is 0 Å². The maximum absolute atomic E-state index is 13.4. The Morgan fingerprint density at radius 1 is 1.21 bits per heavy atom. The molecule has 2 aliphatic rings. The summed E-state index contributed by atoms with van der Waals surface area (Å²) in [4.78, 5) is 12.3. The molecule has 0 bridgehead atoms. The lowest BCUT2D eigenvalue weighted by Gasteiger charge is -2.37. The molecule has 3 aromatic rings. The Morgan fingerprint density at radius 2 is 1.97 bits per heavy atom. The minimum atomic E-state index is -0.243. The predicted molar refractivity (Wildman–Crippen MR) is 128 cm³/mol. The van der Waals surface area contributed by atoms with Crippen molar-refractivity contribution in [2.75, 3.05) is 0 Å². The lowest BCUT2D eigenvalue weighted by molar-refractivity contribution is -0.121. The van der Waals surface area contributed by atoms with E-state index in [1.54, 1.807) is 12.1 Å². The number of carbonyl (C=O) groups excluding carboxylic acids is 1. The fraction of sp³-hybridized carbons (Fsp3) is 0.357. The van der Waals surface area contributed by atoms with Crippen molar-refractivity contribution >= 4 is 12.0 Å². The lowest BCUT2D eigenvalue weighted by atomic mass is 9.68. The molecule has 5 rings (SSSR count). The Kier molecular flexibility index (Phi) is 5.65. The largest absolute Gasteiger partial charge is 0.349 e. The van der Waals surface area contributed by atoms with Crippen LogP contribution < -0.4 is 5.32 Å². The van der Waals surface area contributed by atoms with Crippen LogP contribution in [0.15, 0.2) is 66.4 Å². The van der Waals surface area contributed by atoms with Crippen molar-refractivity contribution in [3.8, 4) is 5.69 Å². The maximum atomic E-state index is 13.4. The van der Waals surface area contributed by atoms with E-state index in [9.17, 15) is 9.18 Å². The first-order chi connectivity index (χ1) is 16.0. The number of carbonyl (C=O) groups is 1. The fourth-order valence-electron chi connectivity index (χ4n) is 5.64. The number of nitrogens with zero attached hydrogens (tertiary/aromatic N) is 2. The smallest absolute Gasteiger partial charge is 0.220 e. The highest BCUT2D eigenvalue weighted by molar-refractivity contribution is 5.76. The highest BCUT2D eigenvalue weighted by Gasteiger charge is 2.46. The summed E-state index contributed by atoms with van der Waals surface area (Å²) < 4.78 is 15.3. The third-order valence-corrected chi connectivity index (χ3v) is 7.60. The average molecular weight is 444 g/mol. The van der Waals surface area contributed by atoms with Gasteiger partial charge in [0.25, 0.3) is 0 Å². The molecule has 1 fully saturated rings. The molecule has 1 aromatic heterocycles. The van der Waals surface area contributed by atoms with E-state index in [0.717, 1.165) is 37.1 Å². The molecular weight excluding hydrogens is 413 g/mol. The first-order valence-electron chi connectivity index (χ1n) is 11.9. The molecule has 1 heterocycles. The van der Waals surface area contributed by atoms with Crippen LogP contribution in [0.3, 0.4) is 0 Å². The molecule has 1 unspecified atom stereocenters. The van der Waals surface area contributed by atoms with Gasteiger partial charge >= 0.3 is 0 Å². The van der Waals surface area contributed by atoms with E-state index in [1.807, 2.05) is 36.0 Å². The van der Waals surface area contributed by atoms with Gasteiger partial charge in [-0.05, 0) is 78.5 Å². The standard InChI is InChI=1S/C28H30FN3O/c1-3-27(33)31-25(19-7-5-4-6-8-19)15-21-9-10-22-16-26-20(17-28(21,22)2)18-30-32(26)24-13-11-23(29)12-14-24/h4-8,11-14,16,18,21,25H,3,9-10,15,17H2,1-2H3,(H,31,33)/t21-,25?,28-/m1/s1. The normalized spacial score (nSPS) is 22.3. The van der Waals surface area contributed by atoms with Crippen molar-refractivity contribution in [2.24, 2.45) is 11.3 Å². The van der Waals surface area contributed by atoms with E-state index in [2.05, 4.69) is 35.5 Å². The van der Waals surface area contributed by atoms with Crippen molar-refractivity contribution < 1.29 is 9.18 Å². The molecule has 33 heavy (non-hydrogen) atoms. The van der Waals surface area contributed by atoms with Crippen LogP contribution in [0.25, 0.3) is 11.8 Å². The molecule has 1 N–H and O–H groups in total. The van der Waals surface area contributed by atoms with Gasteiger partial charge in [-0.25, -0.2) is 9.07 Å². The van der Waals surface area contributed by atoms with E-state index in [0.29, 0.717) is 12.3 Å². The van der Waals surface area contributed by atoms with Gasteiger partial charge < -0.3 is 5.32 Å². The maximum Gasteiger partial charge on any atom is 0.220 e. The van der Waals surface area contributed by atoms with Crippen molar-refractivity contribution in [3.63, 3.8) is 0 Å². The van der Waals surface area contributed by atoms with E-state index < -0.39 is 0 Å². The van der Waals surface area contributed by atoms with Gasteiger partial charge in [0.15, 0.2) is 0 Å². The first-order valence-corrected chi connectivity index (χ1v) is 11.9. The molecule has 170 valence electrons. The topological polar surface area (TPSA) is 46.9 Å². The quantitative estimate of drug-likeness (QED) is 0.506. The molecule has 4 nitrogen and oxygen atoms in total. The van der Waals surface area contributed by atoms with Gasteiger partial charge in [-0.3, -0.25) is 4.79 Å². The number of halogens is 1. The fourth-order valence-corrected chi connectivity index (χ4v) is 5.64. The number of nitrogens with one attached hydrogen (secondary N) is 1. The predicted octanol–water partition coefficient (Wildman–Crippen LogP) is 6.02. The number of hydrogen-bond acceptors (Lipinski definition) is 2. The second kappa shape index (κ2) is 8.62. The van der Waals surface area contributed by atoms with E-state index in [-0.39, 0.29) is 23.2 Å². The van der Waals surface area contributed by atoms with Gasteiger partial charge in [0.1, 0.15) is 5.82 Å². The Labute approximate surface area is 194 Å². The van der Waals surface area contributed by atoms with Gasteiger partial charge in [-0.2, -0.15) is 5.10 Å². The molecular formula is C28H30FN3O. The zero-order valence-corrected chi connectivity index (χ0v) is 19.2. The Hall–Kier alpha value is -3.21. The molecule has 1 amide bonds. The third-order valence-electron chi connectivity index (χ3n) is 7.60. The van der Waals surface area contributed by atoms with Crippen molar-refractivity contribution in [1.82, 2.24) is 15.1 Å². The SMILES string of the molecule is CCC(=O)NC(C[C@H]1CCC2=Cc3c(cnn3-c3ccc(F)cc3)C[C@@]21C)c1ccccc1. The Balaban J connectivity index is 1.42. The molecule has 2 aromatic carbocycles. The number of rotatable bonds is 6. The summed E-state index contributed by atoms with van der Waals surface area (Å²) in [6.45, 7) is 4.27. The third kappa shape index (κ3) is 4.01. The summed E-state index contributed by atoms with van der Waals surface area (Å²) >= 11 is 0. The highest BCUT2D eigenvalue weighted by atomic mass is 19.1. The molecule has 3 atom stereocenters. The van der Waals surface area contributed by atoms with Crippen LogP contribution in [0.5, 0.6) is 0 Å². The van der Waals surface area contributed by atoms with Crippen LogP contribution in [-0.4, -0.2) is 15.7 Å². The van der Waals surface area contributed by atoms with Gasteiger partial charge in [0.2, 0.25) is 5.91 Å². The van der Waals surface area contributed by atoms with Crippen molar-refractivity contribution in [3.05, 3.63) is 89.0 Å². The lowest BCUT2D eigenvalue weighted by Crippen LogP contribution is -2.34. The molecule has 0 aliphatic heterocycles. The summed E-state index contributed by atoms with van der Waals surface area (Å²) in [6, 6.07) is 16.8. The number of aromatic nitrogens is 2. The minimum Gasteiger partial charge on any atom is -0.349 e. The number of hydrogen-bond donors (Lipinski definition) is 1.